The Balaban J connectivity index is 1.56. The number of ketones is 2. The molecule has 13 atom stereocenters. The number of ether oxygens (including phenoxy) is 5. The molecule has 57 heavy (non-hydrogen) atoms. The molecule has 3 aliphatic rings. The van der Waals surface area contributed by atoms with E-state index in [1.54, 1.807) is 60.0 Å². The van der Waals surface area contributed by atoms with Gasteiger partial charge in [-0.05, 0) is 72.7 Å². The first-order chi connectivity index (χ1) is 26.7. The van der Waals surface area contributed by atoms with E-state index in [1.807, 2.05) is 11.8 Å². The summed E-state index contributed by atoms with van der Waals surface area (Å²) in [6, 6.07) is 3.58. The minimum Gasteiger partial charge on any atom is -0.455 e. The number of aliphatic hydroxyl groups is 1. The molecule has 2 aromatic rings. The summed E-state index contributed by atoms with van der Waals surface area (Å²) in [5.41, 5.74) is -5.41. The number of cyclic esters (lactones) is 1. The van der Waals surface area contributed by atoms with Crippen molar-refractivity contribution in [3.05, 3.63) is 30.2 Å². The van der Waals surface area contributed by atoms with E-state index < -0.39 is 89.2 Å². The van der Waals surface area contributed by atoms with Gasteiger partial charge in [0, 0.05) is 42.5 Å². The lowest BCUT2D eigenvalue weighted by atomic mass is 9.72. The van der Waals surface area contributed by atoms with Gasteiger partial charge in [0.25, 0.3) is 5.67 Å². The van der Waals surface area contributed by atoms with Crippen LogP contribution in [-0.4, -0.2) is 129 Å². The standard InChI is InChI=1S/C40H54FN5O11/c1-11-30-40(8)33(43-37(51)56-40)23(4)31(47)24(5)38(6,52-17-13-14-25-19-27(45-57-25)26-15-12-16-42-44-26)20-29(22(3)34(49)39(7,41)36(50)55-30)54-35-32(48)28(46(9)10)18-21(2)53-35/h12,15-16,19,21-24,28-30,32-33,35,48H,11,17-18,20H2,1-10H3,(H,43,51)/t21-,22-,23+,24+,28+,29+,30-,32-,33-,35+,38-,39+,40-/m1/s1. The Morgan fingerprint density at radius 3 is 2.46 bits per heavy atom. The van der Waals surface area contributed by atoms with Crippen LogP contribution in [0.15, 0.2) is 28.9 Å². The lowest BCUT2D eigenvalue weighted by Crippen LogP contribution is -2.60. The number of alkyl carbamates (subject to hydrolysis) is 1. The summed E-state index contributed by atoms with van der Waals surface area (Å²) in [4.78, 5) is 57.1. The van der Waals surface area contributed by atoms with Crippen LogP contribution in [0.3, 0.4) is 0 Å². The first-order valence-electron chi connectivity index (χ1n) is 19.2. The Morgan fingerprint density at radius 2 is 1.81 bits per heavy atom. The Morgan fingerprint density at radius 1 is 1.09 bits per heavy atom. The van der Waals surface area contributed by atoms with Gasteiger partial charge < -0.3 is 43.5 Å². The quantitative estimate of drug-likeness (QED) is 0.234. The van der Waals surface area contributed by atoms with Crippen LogP contribution >= 0.6 is 0 Å². The zero-order valence-corrected chi connectivity index (χ0v) is 34.1. The van der Waals surface area contributed by atoms with Crippen LogP contribution in [0.5, 0.6) is 0 Å². The molecule has 17 heteroatoms. The minimum absolute atomic E-state index is 0.0583. The fourth-order valence-electron chi connectivity index (χ4n) is 8.00. The maximum Gasteiger partial charge on any atom is 0.408 e. The van der Waals surface area contributed by atoms with Gasteiger partial charge in [0.15, 0.2) is 17.7 Å². The molecule has 0 saturated carbocycles. The number of alkyl halides is 1. The number of aromatic nitrogens is 3. The number of likely N-dealkylation sites (N-methyl/N-ethyl adjacent to an activating group) is 1. The number of hydrogen-bond donors (Lipinski definition) is 2. The molecule has 0 bridgehead atoms. The Bertz CT molecular complexity index is 1850. The lowest BCUT2D eigenvalue weighted by molar-refractivity contribution is -0.278. The number of nitrogens with one attached hydrogen (secondary N) is 1. The number of hydrogen-bond acceptors (Lipinski definition) is 15. The number of Topliss-reactive ketones (excluding diaryl/α,β-unsaturated/α-hetero) is 2. The second-order valence-electron chi connectivity index (χ2n) is 16.1. The number of carbonyl (C=O) groups is 4. The number of fused-ring (bicyclic) bond motifs is 1. The number of halogens is 1. The second kappa shape index (κ2) is 17.3. The van der Waals surface area contributed by atoms with Crippen LogP contribution in [0.4, 0.5) is 9.18 Å². The first kappa shape index (κ1) is 43.8. The number of nitrogens with zero attached hydrogens (tertiary/aromatic N) is 4. The van der Waals surface area contributed by atoms with Crippen molar-refractivity contribution < 1.29 is 56.9 Å². The van der Waals surface area contributed by atoms with E-state index in [4.69, 9.17) is 28.2 Å². The molecule has 0 aromatic carbocycles. The van der Waals surface area contributed by atoms with Crippen molar-refractivity contribution in [3.8, 4) is 23.2 Å². The normalized spacial score (nSPS) is 38.0. The van der Waals surface area contributed by atoms with Gasteiger partial charge in [0.1, 0.15) is 36.0 Å². The van der Waals surface area contributed by atoms with Crippen LogP contribution in [0.1, 0.15) is 80.4 Å². The van der Waals surface area contributed by atoms with Crippen LogP contribution in [0.25, 0.3) is 11.4 Å². The lowest BCUT2D eigenvalue weighted by Gasteiger charge is -2.45. The van der Waals surface area contributed by atoms with Gasteiger partial charge in [-0.15, -0.1) is 5.10 Å². The van der Waals surface area contributed by atoms with E-state index in [0.717, 1.165) is 6.92 Å². The third kappa shape index (κ3) is 9.05. The Hall–Kier alpha value is -4.34. The minimum atomic E-state index is -3.19. The summed E-state index contributed by atoms with van der Waals surface area (Å²) in [5, 5.41) is 26.0. The third-order valence-electron chi connectivity index (χ3n) is 11.8. The van der Waals surface area contributed by atoms with Crippen molar-refractivity contribution in [1.82, 2.24) is 25.6 Å². The highest BCUT2D eigenvalue weighted by molar-refractivity contribution is 6.07. The van der Waals surface area contributed by atoms with Crippen molar-refractivity contribution in [1.29, 1.82) is 0 Å². The summed E-state index contributed by atoms with van der Waals surface area (Å²) in [5.74, 6) is -0.385. The van der Waals surface area contributed by atoms with Gasteiger partial charge in [-0.25, -0.2) is 14.0 Å². The summed E-state index contributed by atoms with van der Waals surface area (Å²) in [6.45, 7) is 11.8. The zero-order chi connectivity index (χ0) is 42.0. The maximum atomic E-state index is 16.7. The molecule has 3 aliphatic heterocycles. The first-order valence-corrected chi connectivity index (χ1v) is 19.2. The molecule has 0 aliphatic carbocycles. The van der Waals surface area contributed by atoms with Crippen LogP contribution < -0.4 is 5.32 Å². The predicted octanol–water partition coefficient (Wildman–Crippen LogP) is 3.44. The number of aliphatic hydroxyl groups excluding tert-OH is 1. The molecule has 0 radical (unpaired) electrons. The van der Waals surface area contributed by atoms with Gasteiger partial charge in [-0.3, -0.25) is 9.59 Å². The van der Waals surface area contributed by atoms with Crippen molar-refractivity contribution in [3.63, 3.8) is 0 Å². The molecule has 3 fully saturated rings. The topological polar surface area (TPSA) is 202 Å². The number of rotatable bonds is 7. The number of amides is 1. The molecule has 0 unspecified atom stereocenters. The largest absolute Gasteiger partial charge is 0.455 e. The molecule has 2 N–H and O–H groups in total. The van der Waals surface area contributed by atoms with E-state index in [0.29, 0.717) is 17.8 Å². The SMILES string of the molecule is CC[C@H]1OC(=O)[C@@](C)(F)C(=O)[C@H](C)[C@@H](O[C@@H]2O[C@H](C)C[C@H](N(C)C)[C@H]2O)C[C@@](C)(OCC#Cc2cc(-c3cccnn3)no2)[C@@H](C)C(=O)[C@H](C)[C@H]2NC(=O)O[C@@]21C. The Labute approximate surface area is 331 Å². The molecule has 16 nitrogen and oxygen atoms in total. The summed E-state index contributed by atoms with van der Waals surface area (Å²) < 4.78 is 52.4. The molecule has 312 valence electrons. The van der Waals surface area contributed by atoms with Gasteiger partial charge in [-0.1, -0.05) is 38.8 Å². The van der Waals surface area contributed by atoms with E-state index in [2.05, 4.69) is 32.5 Å². The highest BCUT2D eigenvalue weighted by Gasteiger charge is 2.59. The van der Waals surface area contributed by atoms with E-state index in [9.17, 15) is 24.3 Å². The van der Waals surface area contributed by atoms with Crippen molar-refractivity contribution >= 4 is 23.6 Å². The molecular formula is C40H54FN5O11. The maximum absolute atomic E-state index is 16.7. The average molecular weight is 800 g/mol. The molecule has 0 spiro atoms. The zero-order valence-electron chi connectivity index (χ0n) is 34.1. The van der Waals surface area contributed by atoms with E-state index >= 15 is 4.39 Å². The molecule has 3 saturated heterocycles. The summed E-state index contributed by atoms with van der Waals surface area (Å²) >= 11 is 0. The van der Waals surface area contributed by atoms with Crippen LogP contribution in [0, 0.1) is 29.6 Å². The highest BCUT2D eigenvalue weighted by atomic mass is 19.1. The van der Waals surface area contributed by atoms with Crippen molar-refractivity contribution in [2.45, 2.75) is 134 Å². The van der Waals surface area contributed by atoms with E-state index in [1.165, 1.54) is 20.0 Å². The summed E-state index contributed by atoms with van der Waals surface area (Å²) in [6.07, 6.45) is -4.39. The van der Waals surface area contributed by atoms with Gasteiger partial charge >= 0.3 is 12.1 Å². The van der Waals surface area contributed by atoms with E-state index in [-0.39, 0.29) is 37.1 Å². The predicted molar refractivity (Wildman–Crippen MR) is 200 cm³/mol. The summed E-state index contributed by atoms with van der Waals surface area (Å²) in [7, 11) is 3.61. The number of carbonyl (C=O) groups excluding carboxylic acids is 4. The van der Waals surface area contributed by atoms with Gasteiger partial charge in [-0.2, -0.15) is 5.10 Å². The molecule has 5 rings (SSSR count). The molecule has 5 heterocycles. The van der Waals surface area contributed by atoms with Crippen molar-refractivity contribution in [2.75, 3.05) is 20.7 Å². The van der Waals surface area contributed by atoms with Crippen LogP contribution in [0.2, 0.25) is 0 Å². The highest BCUT2D eigenvalue weighted by Crippen LogP contribution is 2.41. The van der Waals surface area contributed by atoms with Crippen molar-refractivity contribution in [2.24, 2.45) is 17.8 Å². The average Bonchev–Trinajstić information content (AvgIpc) is 3.78. The second-order valence-corrected chi connectivity index (χ2v) is 16.1. The van der Waals surface area contributed by atoms with Crippen LogP contribution in [-0.2, 0) is 38.1 Å². The van der Waals surface area contributed by atoms with Gasteiger partial charge in [0.05, 0.1) is 23.9 Å². The Kier molecular flexibility index (Phi) is 13.3. The fraction of sp³-hybridized carbons (Fsp3) is 0.675. The number of esters is 1. The fourth-order valence-corrected chi connectivity index (χ4v) is 8.00. The molecule has 1 amide bonds. The molecular weight excluding hydrogens is 745 g/mol. The molecule has 2 aromatic heterocycles. The smallest absolute Gasteiger partial charge is 0.408 e. The van der Waals surface area contributed by atoms with Gasteiger partial charge in [0.2, 0.25) is 5.76 Å². The third-order valence-corrected chi connectivity index (χ3v) is 11.8. The monoisotopic (exact) mass is 799 g/mol.